The average molecular weight is 346 g/mol. The number of hydrogen-bond acceptors (Lipinski definition) is 5. The van der Waals surface area contributed by atoms with Crippen LogP contribution in [0.25, 0.3) is 0 Å². The van der Waals surface area contributed by atoms with Gasteiger partial charge in [-0.2, -0.15) is 0 Å². The zero-order valence-electron chi connectivity index (χ0n) is 13.2. The molecule has 8 heteroatoms. The van der Waals surface area contributed by atoms with Crippen molar-refractivity contribution in [2.24, 2.45) is 0 Å². The lowest BCUT2D eigenvalue weighted by Gasteiger charge is -2.19. The summed E-state index contributed by atoms with van der Waals surface area (Å²) in [5.41, 5.74) is -1.90. The highest BCUT2D eigenvalue weighted by Crippen LogP contribution is 2.36. The van der Waals surface area contributed by atoms with Gasteiger partial charge >= 0.3 is 5.97 Å². The highest BCUT2D eigenvalue weighted by molar-refractivity contribution is 6.32. The number of aliphatic hydroxyl groups is 1. The zero-order chi connectivity index (χ0) is 17.6. The Morgan fingerprint density at radius 2 is 2.04 bits per heavy atom. The second-order valence-electron chi connectivity index (χ2n) is 5.10. The number of carbonyl (C=O) groups is 2. The van der Waals surface area contributed by atoms with Crippen LogP contribution >= 0.6 is 11.6 Å². The molecule has 0 aliphatic heterocycles. The van der Waals surface area contributed by atoms with Gasteiger partial charge in [0.05, 0.1) is 25.3 Å². The minimum Gasteiger partial charge on any atom is -0.493 e. The molecule has 0 fully saturated rings. The Kier molecular flexibility index (Phi) is 6.65. The van der Waals surface area contributed by atoms with Crippen molar-refractivity contribution in [2.75, 3.05) is 20.3 Å². The second kappa shape index (κ2) is 8.03. The molecule has 1 rings (SSSR count). The van der Waals surface area contributed by atoms with Crippen LogP contribution < -0.4 is 14.8 Å². The summed E-state index contributed by atoms with van der Waals surface area (Å²) in [7, 11) is 1.42. The van der Waals surface area contributed by atoms with Crippen LogP contribution in [0.5, 0.6) is 11.5 Å². The van der Waals surface area contributed by atoms with E-state index in [-0.39, 0.29) is 10.6 Å². The van der Waals surface area contributed by atoms with Crippen LogP contribution in [0.15, 0.2) is 12.1 Å². The van der Waals surface area contributed by atoms with E-state index in [2.05, 4.69) is 5.32 Å². The fourth-order valence-electron chi connectivity index (χ4n) is 1.63. The Labute approximate surface area is 139 Å². The summed E-state index contributed by atoms with van der Waals surface area (Å²) in [6.07, 6.45) is 0.784. The molecule has 0 aromatic heterocycles. The number of aliphatic carboxylic acids is 1. The van der Waals surface area contributed by atoms with E-state index in [9.17, 15) is 14.7 Å². The Balaban J connectivity index is 2.94. The number of carboxylic acids is 1. The van der Waals surface area contributed by atoms with Crippen molar-refractivity contribution >= 4 is 23.5 Å². The summed E-state index contributed by atoms with van der Waals surface area (Å²) in [5, 5.41) is 20.9. The first-order chi connectivity index (χ1) is 10.7. The molecule has 1 atom stereocenters. The molecule has 0 radical (unpaired) electrons. The van der Waals surface area contributed by atoms with Gasteiger partial charge < -0.3 is 25.0 Å². The molecule has 0 saturated carbocycles. The number of benzene rings is 1. The molecule has 0 aliphatic rings. The van der Waals surface area contributed by atoms with Gasteiger partial charge in [0.15, 0.2) is 17.1 Å². The maximum Gasteiger partial charge on any atom is 0.337 e. The third-order valence-corrected chi connectivity index (χ3v) is 3.28. The summed E-state index contributed by atoms with van der Waals surface area (Å²) in [4.78, 5) is 22.9. The normalized spacial score (nSPS) is 13.1. The fourth-order valence-corrected chi connectivity index (χ4v) is 1.89. The summed E-state index contributed by atoms with van der Waals surface area (Å²) in [6.45, 7) is 3.03. The Bertz CT molecular complexity index is 588. The van der Waals surface area contributed by atoms with Crippen LogP contribution in [-0.2, 0) is 4.79 Å². The molecule has 1 amide bonds. The van der Waals surface area contributed by atoms with Crippen molar-refractivity contribution in [2.45, 2.75) is 25.9 Å². The zero-order valence-corrected chi connectivity index (χ0v) is 13.9. The smallest absolute Gasteiger partial charge is 0.337 e. The lowest BCUT2D eigenvalue weighted by Crippen LogP contribution is -2.46. The number of hydrogen-bond donors (Lipinski definition) is 3. The molecule has 0 saturated heterocycles. The Morgan fingerprint density at radius 3 is 2.57 bits per heavy atom. The number of amides is 1. The predicted molar refractivity (Wildman–Crippen MR) is 84.4 cm³/mol. The first kappa shape index (κ1) is 19.1. The summed E-state index contributed by atoms with van der Waals surface area (Å²) in [5.74, 6) is -1.39. The van der Waals surface area contributed by atoms with Gasteiger partial charge in [-0.05, 0) is 25.5 Å². The Morgan fingerprint density at radius 1 is 1.39 bits per heavy atom. The SMILES string of the molecule is CCCOc1c(Cl)cc(C(=O)NCC(C)(O)C(=O)O)cc1OC. The van der Waals surface area contributed by atoms with Crippen molar-refractivity contribution in [1.82, 2.24) is 5.32 Å². The fraction of sp³-hybridized carbons (Fsp3) is 0.467. The van der Waals surface area contributed by atoms with Gasteiger partial charge in [-0.25, -0.2) is 4.79 Å². The van der Waals surface area contributed by atoms with Crippen LogP contribution in [0.3, 0.4) is 0 Å². The van der Waals surface area contributed by atoms with Gasteiger partial charge in [-0.15, -0.1) is 0 Å². The molecule has 23 heavy (non-hydrogen) atoms. The molecule has 1 unspecified atom stereocenters. The van der Waals surface area contributed by atoms with Gasteiger partial charge in [-0.3, -0.25) is 4.79 Å². The third kappa shape index (κ3) is 5.01. The van der Waals surface area contributed by atoms with Crippen molar-refractivity contribution in [1.29, 1.82) is 0 Å². The van der Waals surface area contributed by atoms with E-state index in [4.69, 9.17) is 26.2 Å². The van der Waals surface area contributed by atoms with E-state index < -0.39 is 24.0 Å². The quantitative estimate of drug-likeness (QED) is 0.662. The molecular formula is C15H20ClNO6. The van der Waals surface area contributed by atoms with Gasteiger partial charge in [0.1, 0.15) is 0 Å². The molecule has 1 aromatic rings. The summed E-state index contributed by atoms with van der Waals surface area (Å²) in [6, 6.07) is 2.82. The first-order valence-corrected chi connectivity index (χ1v) is 7.35. The van der Waals surface area contributed by atoms with Gasteiger partial charge in [0, 0.05) is 5.56 Å². The largest absolute Gasteiger partial charge is 0.493 e. The van der Waals surface area contributed by atoms with E-state index in [0.29, 0.717) is 18.1 Å². The van der Waals surface area contributed by atoms with Crippen molar-refractivity contribution in [3.8, 4) is 11.5 Å². The number of methoxy groups -OCH3 is 1. The van der Waals surface area contributed by atoms with E-state index >= 15 is 0 Å². The van der Waals surface area contributed by atoms with Crippen LogP contribution in [0, 0.1) is 0 Å². The molecule has 0 bridgehead atoms. The van der Waals surface area contributed by atoms with Crippen LogP contribution in [0.4, 0.5) is 0 Å². The lowest BCUT2D eigenvalue weighted by molar-refractivity contribution is -0.155. The standard InChI is InChI=1S/C15H20ClNO6/c1-4-5-23-12-10(16)6-9(7-11(12)22-3)13(18)17-8-15(2,21)14(19)20/h6-7,21H,4-5,8H2,1-3H3,(H,17,18)(H,19,20). The predicted octanol–water partition coefficient (Wildman–Crippen LogP) is 1.70. The number of nitrogens with one attached hydrogen (secondary N) is 1. The molecule has 7 nitrogen and oxygen atoms in total. The van der Waals surface area contributed by atoms with Crippen molar-refractivity contribution in [3.05, 3.63) is 22.7 Å². The maximum absolute atomic E-state index is 12.1. The van der Waals surface area contributed by atoms with E-state index in [1.54, 1.807) is 0 Å². The van der Waals surface area contributed by atoms with Crippen LogP contribution in [0.1, 0.15) is 30.6 Å². The van der Waals surface area contributed by atoms with Gasteiger partial charge in [0.2, 0.25) is 0 Å². The second-order valence-corrected chi connectivity index (χ2v) is 5.51. The van der Waals surface area contributed by atoms with E-state index in [1.807, 2.05) is 6.92 Å². The van der Waals surface area contributed by atoms with Crippen LogP contribution in [0.2, 0.25) is 5.02 Å². The lowest BCUT2D eigenvalue weighted by atomic mass is 10.1. The average Bonchev–Trinajstić information content (AvgIpc) is 2.50. The number of ether oxygens (including phenoxy) is 2. The first-order valence-electron chi connectivity index (χ1n) is 6.97. The highest BCUT2D eigenvalue weighted by atomic mass is 35.5. The van der Waals surface area contributed by atoms with Gasteiger partial charge in [0.25, 0.3) is 5.91 Å². The number of halogens is 1. The topological polar surface area (TPSA) is 105 Å². The number of carbonyl (C=O) groups excluding carboxylic acids is 1. The maximum atomic E-state index is 12.1. The molecule has 128 valence electrons. The molecule has 1 aromatic carbocycles. The Hall–Kier alpha value is -1.99. The third-order valence-electron chi connectivity index (χ3n) is 3.00. The van der Waals surface area contributed by atoms with Crippen molar-refractivity contribution < 1.29 is 29.3 Å². The minimum absolute atomic E-state index is 0.164. The van der Waals surface area contributed by atoms with E-state index in [1.165, 1.54) is 19.2 Å². The highest BCUT2D eigenvalue weighted by Gasteiger charge is 2.30. The minimum atomic E-state index is -2.06. The van der Waals surface area contributed by atoms with E-state index in [0.717, 1.165) is 13.3 Å². The van der Waals surface area contributed by atoms with Crippen molar-refractivity contribution in [3.63, 3.8) is 0 Å². The summed E-state index contributed by atoms with van der Waals surface area (Å²) < 4.78 is 10.6. The molecule has 0 heterocycles. The molecule has 3 N–H and O–H groups in total. The number of carboxylic acid groups (broad SMARTS) is 1. The van der Waals surface area contributed by atoms with Crippen LogP contribution in [-0.4, -0.2) is 48.0 Å². The van der Waals surface area contributed by atoms with Gasteiger partial charge in [-0.1, -0.05) is 18.5 Å². The summed E-state index contributed by atoms with van der Waals surface area (Å²) >= 11 is 6.11. The molecule has 0 aliphatic carbocycles. The molecule has 0 spiro atoms. The monoisotopic (exact) mass is 345 g/mol. The molecular weight excluding hydrogens is 326 g/mol. The number of rotatable bonds is 8.